The topological polar surface area (TPSA) is 26.3 Å². The Kier molecular flexibility index (Phi) is 8.77. The van der Waals surface area contributed by atoms with E-state index in [1.54, 1.807) is 18.2 Å². The molecule has 2 aromatic rings. The molecule has 0 unspecified atom stereocenters. The molecule has 0 aromatic heterocycles. The van der Waals surface area contributed by atoms with E-state index in [0.29, 0.717) is 24.3 Å². The van der Waals surface area contributed by atoms with Gasteiger partial charge < -0.3 is 4.74 Å². The third-order valence-electron chi connectivity index (χ3n) is 3.50. The summed E-state index contributed by atoms with van der Waals surface area (Å²) in [7, 11) is 0. The lowest BCUT2D eigenvalue weighted by Crippen LogP contribution is -2.01. The predicted molar refractivity (Wildman–Crippen MR) is 98.2 cm³/mol. The van der Waals surface area contributed by atoms with Crippen LogP contribution in [0.3, 0.4) is 0 Å². The van der Waals surface area contributed by atoms with E-state index in [-0.39, 0.29) is 11.6 Å². The second-order valence-electron chi connectivity index (χ2n) is 5.18. The smallest absolute Gasteiger partial charge is 0.163 e. The van der Waals surface area contributed by atoms with Gasteiger partial charge in [-0.3, -0.25) is 4.79 Å². The van der Waals surface area contributed by atoms with Crippen LogP contribution in [-0.4, -0.2) is 12.4 Å². The second kappa shape index (κ2) is 10.6. The Bertz CT molecular complexity index is 650. The van der Waals surface area contributed by atoms with Gasteiger partial charge >= 0.3 is 0 Å². The van der Waals surface area contributed by atoms with Crippen LogP contribution in [0.5, 0.6) is 5.75 Å². The van der Waals surface area contributed by atoms with E-state index in [1.165, 1.54) is 12.1 Å². The summed E-state index contributed by atoms with van der Waals surface area (Å²) in [6, 6.07) is 11.8. The Morgan fingerprint density at radius 1 is 1.08 bits per heavy atom. The van der Waals surface area contributed by atoms with E-state index >= 15 is 0 Å². The highest BCUT2D eigenvalue weighted by molar-refractivity contribution is 5.97. The largest absolute Gasteiger partial charge is 0.493 e. The van der Waals surface area contributed by atoms with Gasteiger partial charge in [0.1, 0.15) is 11.6 Å². The second-order valence-corrected chi connectivity index (χ2v) is 5.18. The maximum absolute atomic E-state index is 13.4. The summed E-state index contributed by atoms with van der Waals surface area (Å²) >= 11 is 0. The van der Waals surface area contributed by atoms with Crippen molar-refractivity contribution in [3.8, 4) is 16.9 Å². The van der Waals surface area contributed by atoms with Crippen molar-refractivity contribution in [2.24, 2.45) is 0 Å². The third kappa shape index (κ3) is 5.48. The molecule has 3 heteroatoms. The number of halogens is 1. The summed E-state index contributed by atoms with van der Waals surface area (Å²) < 4.78 is 19.1. The fourth-order valence-electron chi connectivity index (χ4n) is 2.35. The first-order chi connectivity index (χ1) is 11.7. The molecule has 0 amide bonds. The van der Waals surface area contributed by atoms with Gasteiger partial charge in [-0.15, -0.1) is 0 Å². The van der Waals surface area contributed by atoms with Crippen molar-refractivity contribution in [2.45, 2.75) is 47.0 Å². The van der Waals surface area contributed by atoms with E-state index in [2.05, 4.69) is 6.92 Å². The van der Waals surface area contributed by atoms with Gasteiger partial charge in [0, 0.05) is 17.5 Å². The normalized spacial score (nSPS) is 9.88. The first-order valence-corrected chi connectivity index (χ1v) is 8.71. The maximum Gasteiger partial charge on any atom is 0.163 e. The number of carbonyl (C=O) groups excluding carboxylic acids is 1. The highest BCUT2D eigenvalue weighted by Gasteiger charge is 2.12. The summed E-state index contributed by atoms with van der Waals surface area (Å²) in [6.45, 7) is 8.45. The molecular weight excluding hydrogens is 303 g/mol. The molecule has 0 aliphatic heterocycles. The summed E-state index contributed by atoms with van der Waals surface area (Å²) in [6.07, 6.45) is 2.42. The molecule has 0 radical (unpaired) electrons. The van der Waals surface area contributed by atoms with Crippen LogP contribution in [0.25, 0.3) is 11.1 Å². The molecule has 0 aliphatic carbocycles. The highest BCUT2D eigenvalue weighted by atomic mass is 19.1. The Hall–Kier alpha value is -2.16. The number of hydrogen-bond donors (Lipinski definition) is 0. The zero-order chi connectivity index (χ0) is 17.9. The lowest BCUT2D eigenvalue weighted by molar-refractivity contribution is 0.0979. The quantitative estimate of drug-likeness (QED) is 0.558. The van der Waals surface area contributed by atoms with Gasteiger partial charge in [-0.2, -0.15) is 0 Å². The van der Waals surface area contributed by atoms with Crippen LogP contribution in [0.4, 0.5) is 4.39 Å². The maximum atomic E-state index is 13.4. The number of benzene rings is 2. The highest BCUT2D eigenvalue weighted by Crippen LogP contribution is 2.32. The first-order valence-electron chi connectivity index (χ1n) is 8.71. The number of unbranched alkanes of at least 4 members (excludes halogenated alkanes) is 1. The van der Waals surface area contributed by atoms with Crippen molar-refractivity contribution in [3.05, 3.63) is 53.8 Å². The molecule has 0 fully saturated rings. The van der Waals surface area contributed by atoms with Crippen LogP contribution < -0.4 is 4.74 Å². The molecule has 2 nitrogen and oxygen atoms in total. The zero-order valence-electron chi connectivity index (χ0n) is 15.1. The Balaban J connectivity index is 0.00000139. The van der Waals surface area contributed by atoms with E-state index in [9.17, 15) is 9.18 Å². The predicted octanol–water partition coefficient (Wildman–Crippen LogP) is 6.29. The van der Waals surface area contributed by atoms with Crippen LogP contribution >= 0.6 is 0 Å². The van der Waals surface area contributed by atoms with Gasteiger partial charge in [0.05, 0.1) is 6.61 Å². The lowest BCUT2D eigenvalue weighted by atomic mass is 9.99. The van der Waals surface area contributed by atoms with Gasteiger partial charge in [-0.05, 0) is 43.2 Å². The van der Waals surface area contributed by atoms with Crippen molar-refractivity contribution < 1.29 is 13.9 Å². The SMILES string of the molecule is CC.CCCCC(=O)c1ccc(-c2cccc(F)c2)c(OCC)c1. The minimum Gasteiger partial charge on any atom is -0.493 e. The molecule has 0 saturated carbocycles. The van der Waals surface area contributed by atoms with E-state index in [0.717, 1.165) is 24.0 Å². The summed E-state index contributed by atoms with van der Waals surface area (Å²) in [5, 5.41) is 0. The third-order valence-corrected chi connectivity index (χ3v) is 3.50. The number of rotatable bonds is 7. The summed E-state index contributed by atoms with van der Waals surface area (Å²) in [4.78, 5) is 12.1. The van der Waals surface area contributed by atoms with E-state index < -0.39 is 0 Å². The molecule has 0 heterocycles. The number of Topliss-reactive ketones (excluding diaryl/α,β-unsaturated/α-hetero) is 1. The molecule has 0 saturated heterocycles. The van der Waals surface area contributed by atoms with Gasteiger partial charge in [0.2, 0.25) is 0 Å². The van der Waals surface area contributed by atoms with Gasteiger partial charge in [-0.1, -0.05) is 45.4 Å². The van der Waals surface area contributed by atoms with Crippen molar-refractivity contribution in [3.63, 3.8) is 0 Å². The molecule has 2 aromatic carbocycles. The zero-order valence-corrected chi connectivity index (χ0v) is 15.1. The number of hydrogen-bond acceptors (Lipinski definition) is 2. The van der Waals surface area contributed by atoms with Crippen molar-refractivity contribution in [2.75, 3.05) is 6.61 Å². The number of carbonyl (C=O) groups is 1. The molecule has 130 valence electrons. The van der Waals surface area contributed by atoms with Crippen molar-refractivity contribution >= 4 is 5.78 Å². The minimum atomic E-state index is -0.289. The average Bonchev–Trinajstić information content (AvgIpc) is 2.61. The van der Waals surface area contributed by atoms with Crippen molar-refractivity contribution in [1.82, 2.24) is 0 Å². The van der Waals surface area contributed by atoms with Crippen LogP contribution in [0.1, 0.15) is 57.3 Å². The molecule has 2 rings (SSSR count). The van der Waals surface area contributed by atoms with Gasteiger partial charge in [-0.25, -0.2) is 4.39 Å². The fourth-order valence-corrected chi connectivity index (χ4v) is 2.35. The molecule has 0 aliphatic rings. The summed E-state index contributed by atoms with van der Waals surface area (Å²) in [5.41, 5.74) is 2.20. The number of ether oxygens (including phenoxy) is 1. The fraction of sp³-hybridized carbons (Fsp3) is 0.381. The standard InChI is InChI=1S/C19H21FO2.C2H6/c1-3-5-9-18(21)15-10-11-17(19(13-15)22-4-2)14-7-6-8-16(20)12-14;1-2/h6-8,10-13H,3-5,9H2,1-2H3;1-2H3. The Labute approximate surface area is 144 Å². The Morgan fingerprint density at radius 3 is 2.46 bits per heavy atom. The molecule has 0 spiro atoms. The molecule has 0 bridgehead atoms. The molecular formula is C21H27FO2. The molecule has 0 N–H and O–H groups in total. The monoisotopic (exact) mass is 330 g/mol. The van der Waals surface area contributed by atoms with Crippen LogP contribution in [0.15, 0.2) is 42.5 Å². The van der Waals surface area contributed by atoms with Gasteiger partial charge in [0.15, 0.2) is 5.78 Å². The summed E-state index contributed by atoms with van der Waals surface area (Å²) in [5.74, 6) is 0.451. The van der Waals surface area contributed by atoms with Crippen LogP contribution in [0.2, 0.25) is 0 Å². The lowest BCUT2D eigenvalue weighted by Gasteiger charge is -2.12. The Morgan fingerprint density at radius 2 is 1.83 bits per heavy atom. The van der Waals surface area contributed by atoms with Crippen molar-refractivity contribution in [1.29, 1.82) is 0 Å². The average molecular weight is 330 g/mol. The van der Waals surface area contributed by atoms with Gasteiger partial charge in [0.25, 0.3) is 0 Å². The van der Waals surface area contributed by atoms with E-state index in [1.807, 2.05) is 32.9 Å². The van der Waals surface area contributed by atoms with E-state index in [4.69, 9.17) is 4.74 Å². The minimum absolute atomic E-state index is 0.119. The van der Waals surface area contributed by atoms with Crippen LogP contribution in [-0.2, 0) is 0 Å². The molecule has 24 heavy (non-hydrogen) atoms. The molecule has 0 atom stereocenters. The first kappa shape index (κ1) is 19.9. The van der Waals surface area contributed by atoms with Crippen LogP contribution in [0, 0.1) is 5.82 Å². The number of ketones is 1.